The number of aromatic hydroxyl groups is 1. The predicted molar refractivity (Wildman–Crippen MR) is 80.3 cm³/mol. The van der Waals surface area contributed by atoms with E-state index in [9.17, 15) is 13.5 Å². The van der Waals surface area contributed by atoms with Crippen LogP contribution in [0, 0.1) is 5.92 Å². The van der Waals surface area contributed by atoms with Crippen molar-refractivity contribution in [1.82, 2.24) is 0 Å². The van der Waals surface area contributed by atoms with Gasteiger partial charge in [-0.25, -0.2) is 8.42 Å². The Bertz CT molecular complexity index is 686. The van der Waals surface area contributed by atoms with Crippen LogP contribution < -0.4 is 4.74 Å². The normalized spacial score (nSPS) is 11.6. The van der Waals surface area contributed by atoms with Gasteiger partial charge >= 0.3 is 0 Å². The average molecular weight is 306 g/mol. The van der Waals surface area contributed by atoms with Crippen molar-refractivity contribution in [3.63, 3.8) is 0 Å². The summed E-state index contributed by atoms with van der Waals surface area (Å²) in [5, 5.41) is 9.22. The number of rotatable bonds is 5. The molecule has 0 bridgehead atoms. The van der Waals surface area contributed by atoms with E-state index in [1.165, 1.54) is 36.4 Å². The second kappa shape index (κ2) is 6.18. The molecule has 0 saturated carbocycles. The zero-order valence-electron chi connectivity index (χ0n) is 12.0. The van der Waals surface area contributed by atoms with Gasteiger partial charge in [0.1, 0.15) is 11.5 Å². The third kappa shape index (κ3) is 3.76. The lowest BCUT2D eigenvalue weighted by Crippen LogP contribution is -2.05. The van der Waals surface area contributed by atoms with Crippen LogP contribution in [0.15, 0.2) is 58.3 Å². The fraction of sp³-hybridized carbons (Fsp3) is 0.250. The van der Waals surface area contributed by atoms with Crippen LogP contribution >= 0.6 is 0 Å². The molecule has 0 spiro atoms. The molecule has 0 aliphatic rings. The predicted octanol–water partition coefficient (Wildman–Crippen LogP) is 3.26. The summed E-state index contributed by atoms with van der Waals surface area (Å²) < 4.78 is 30.3. The summed E-state index contributed by atoms with van der Waals surface area (Å²) >= 11 is 0. The van der Waals surface area contributed by atoms with Crippen LogP contribution in [0.3, 0.4) is 0 Å². The number of hydrogen-bond donors (Lipinski definition) is 1. The van der Waals surface area contributed by atoms with E-state index in [2.05, 4.69) is 0 Å². The Hall–Kier alpha value is -2.01. The Morgan fingerprint density at radius 2 is 1.43 bits per heavy atom. The molecule has 0 aromatic heterocycles. The van der Waals surface area contributed by atoms with Gasteiger partial charge in [0.25, 0.3) is 0 Å². The lowest BCUT2D eigenvalue weighted by molar-refractivity contribution is 0.271. The van der Waals surface area contributed by atoms with E-state index in [1.807, 2.05) is 13.8 Å². The third-order valence-electron chi connectivity index (χ3n) is 2.86. The summed E-state index contributed by atoms with van der Waals surface area (Å²) in [6.45, 7) is 4.68. The lowest BCUT2D eigenvalue weighted by atomic mass is 10.2. The number of phenolic OH excluding ortho intramolecular Hbond substituents is 1. The van der Waals surface area contributed by atoms with Gasteiger partial charge in [0.05, 0.1) is 16.4 Å². The molecule has 0 heterocycles. The zero-order chi connectivity index (χ0) is 15.5. The molecule has 4 nitrogen and oxygen atoms in total. The first-order valence-electron chi connectivity index (χ1n) is 6.66. The molecule has 0 amide bonds. The van der Waals surface area contributed by atoms with Crippen LogP contribution in [0.5, 0.6) is 11.5 Å². The van der Waals surface area contributed by atoms with Crippen molar-refractivity contribution < 1.29 is 18.3 Å². The Balaban J connectivity index is 2.23. The van der Waals surface area contributed by atoms with E-state index in [0.29, 0.717) is 18.3 Å². The monoisotopic (exact) mass is 306 g/mol. The van der Waals surface area contributed by atoms with E-state index in [1.54, 1.807) is 12.1 Å². The molecule has 2 aromatic rings. The highest BCUT2D eigenvalue weighted by Gasteiger charge is 2.17. The van der Waals surface area contributed by atoms with Gasteiger partial charge in [-0.15, -0.1) is 0 Å². The standard InChI is InChI=1S/C16H18O4S/c1-12(2)11-20-14-5-9-16(10-6-14)21(18,19)15-7-3-13(17)4-8-15/h3-10,12,17H,11H2,1-2H3. The van der Waals surface area contributed by atoms with Gasteiger partial charge in [0, 0.05) is 0 Å². The average Bonchev–Trinajstić information content (AvgIpc) is 2.46. The molecule has 0 unspecified atom stereocenters. The fourth-order valence-electron chi connectivity index (χ4n) is 1.74. The lowest BCUT2D eigenvalue weighted by Gasteiger charge is -2.09. The number of phenols is 1. The zero-order valence-corrected chi connectivity index (χ0v) is 12.8. The first kappa shape index (κ1) is 15.4. The van der Waals surface area contributed by atoms with Gasteiger partial charge in [-0.05, 0) is 54.4 Å². The maximum absolute atomic E-state index is 12.4. The summed E-state index contributed by atoms with van der Waals surface area (Å²) in [4.78, 5) is 0.348. The second-order valence-corrected chi connectivity index (χ2v) is 7.12. The van der Waals surface area contributed by atoms with E-state index < -0.39 is 9.84 Å². The molecule has 2 rings (SSSR count). The molecule has 5 heteroatoms. The molecule has 21 heavy (non-hydrogen) atoms. The van der Waals surface area contributed by atoms with Crippen LogP contribution in [-0.2, 0) is 9.84 Å². The minimum absolute atomic E-state index is 0.0337. The van der Waals surface area contributed by atoms with Crippen LogP contribution in [0.1, 0.15) is 13.8 Å². The largest absolute Gasteiger partial charge is 0.508 e. The van der Waals surface area contributed by atoms with Crippen molar-refractivity contribution in [2.24, 2.45) is 5.92 Å². The van der Waals surface area contributed by atoms with Crippen molar-refractivity contribution in [2.75, 3.05) is 6.61 Å². The van der Waals surface area contributed by atoms with Gasteiger partial charge in [0.15, 0.2) is 0 Å². The summed E-state index contributed by atoms with van der Waals surface area (Å²) in [7, 11) is -3.57. The molecule has 1 N–H and O–H groups in total. The van der Waals surface area contributed by atoms with Gasteiger partial charge in [-0.2, -0.15) is 0 Å². The maximum Gasteiger partial charge on any atom is 0.206 e. The van der Waals surface area contributed by atoms with Crippen molar-refractivity contribution in [3.8, 4) is 11.5 Å². The molecule has 0 radical (unpaired) electrons. The summed E-state index contributed by atoms with van der Waals surface area (Å²) in [6.07, 6.45) is 0. The number of hydrogen-bond acceptors (Lipinski definition) is 4. The van der Waals surface area contributed by atoms with Crippen LogP contribution in [-0.4, -0.2) is 20.1 Å². The van der Waals surface area contributed by atoms with Gasteiger partial charge < -0.3 is 9.84 Å². The Kier molecular flexibility index (Phi) is 4.53. The first-order chi connectivity index (χ1) is 9.89. The Morgan fingerprint density at radius 3 is 1.90 bits per heavy atom. The summed E-state index contributed by atoms with van der Waals surface area (Å²) in [5.41, 5.74) is 0. The SMILES string of the molecule is CC(C)COc1ccc(S(=O)(=O)c2ccc(O)cc2)cc1. The molecule has 0 aliphatic heterocycles. The molecular formula is C16H18O4S. The highest BCUT2D eigenvalue weighted by molar-refractivity contribution is 7.91. The number of benzene rings is 2. The molecule has 2 aromatic carbocycles. The van der Waals surface area contributed by atoms with Crippen molar-refractivity contribution in [1.29, 1.82) is 0 Å². The van der Waals surface area contributed by atoms with Crippen LogP contribution in [0.4, 0.5) is 0 Å². The van der Waals surface area contributed by atoms with E-state index in [0.717, 1.165) is 0 Å². The Morgan fingerprint density at radius 1 is 0.952 bits per heavy atom. The van der Waals surface area contributed by atoms with Crippen LogP contribution in [0.2, 0.25) is 0 Å². The summed E-state index contributed by atoms with van der Waals surface area (Å²) in [6, 6.07) is 11.8. The molecule has 0 atom stereocenters. The highest BCUT2D eigenvalue weighted by Crippen LogP contribution is 2.24. The topological polar surface area (TPSA) is 63.6 Å². The third-order valence-corrected chi connectivity index (χ3v) is 4.65. The molecule has 0 aliphatic carbocycles. The van der Waals surface area contributed by atoms with Crippen LogP contribution in [0.25, 0.3) is 0 Å². The van der Waals surface area contributed by atoms with Crippen molar-refractivity contribution >= 4 is 9.84 Å². The second-order valence-electron chi connectivity index (χ2n) is 5.17. The minimum Gasteiger partial charge on any atom is -0.508 e. The van der Waals surface area contributed by atoms with Crippen molar-refractivity contribution in [3.05, 3.63) is 48.5 Å². The fourth-order valence-corrected chi connectivity index (χ4v) is 3.00. The minimum atomic E-state index is -3.57. The van der Waals surface area contributed by atoms with E-state index >= 15 is 0 Å². The highest BCUT2D eigenvalue weighted by atomic mass is 32.2. The smallest absolute Gasteiger partial charge is 0.206 e. The maximum atomic E-state index is 12.4. The number of sulfone groups is 1. The molecule has 0 saturated heterocycles. The molecule has 112 valence electrons. The van der Waals surface area contributed by atoms with E-state index in [4.69, 9.17) is 4.74 Å². The van der Waals surface area contributed by atoms with E-state index in [-0.39, 0.29) is 15.5 Å². The first-order valence-corrected chi connectivity index (χ1v) is 8.15. The van der Waals surface area contributed by atoms with Crippen molar-refractivity contribution in [2.45, 2.75) is 23.6 Å². The van der Waals surface area contributed by atoms with Gasteiger partial charge in [-0.3, -0.25) is 0 Å². The van der Waals surface area contributed by atoms with Gasteiger partial charge in [-0.1, -0.05) is 13.8 Å². The summed E-state index contributed by atoms with van der Waals surface area (Å²) in [5.74, 6) is 1.09. The molecule has 0 fully saturated rings. The van der Waals surface area contributed by atoms with Gasteiger partial charge in [0.2, 0.25) is 9.84 Å². The number of ether oxygens (including phenoxy) is 1. The molecular weight excluding hydrogens is 288 g/mol. The Labute approximate surface area is 124 Å². The quantitative estimate of drug-likeness (QED) is 0.921.